The van der Waals surface area contributed by atoms with E-state index < -0.39 is 11.5 Å². The van der Waals surface area contributed by atoms with Crippen molar-refractivity contribution in [3.8, 4) is 0 Å². The Kier molecular flexibility index (Phi) is 6.36. The van der Waals surface area contributed by atoms with E-state index in [1.807, 2.05) is 25.7 Å². The summed E-state index contributed by atoms with van der Waals surface area (Å²) in [4.78, 5) is 37.3. The molecule has 2 fully saturated rings. The topological polar surface area (TPSA) is 75.7 Å². The van der Waals surface area contributed by atoms with E-state index in [2.05, 4.69) is 5.32 Å². The second-order valence-corrected chi connectivity index (χ2v) is 8.92. The molecule has 2 aliphatic rings. The van der Waals surface area contributed by atoms with Crippen LogP contribution >= 0.6 is 0 Å². The SMILES string of the molecule is CC(C)(C)OC(=O)CN1CCC(c2ccc(C3CCC(=O)NC3=O)cc2F)CC1. The number of esters is 1. The zero-order valence-electron chi connectivity index (χ0n) is 17.3. The highest BCUT2D eigenvalue weighted by Gasteiger charge is 2.30. The maximum Gasteiger partial charge on any atom is 0.320 e. The van der Waals surface area contributed by atoms with Crippen molar-refractivity contribution in [2.45, 2.75) is 63.9 Å². The van der Waals surface area contributed by atoms with Gasteiger partial charge in [-0.3, -0.25) is 24.6 Å². The smallest absolute Gasteiger partial charge is 0.320 e. The van der Waals surface area contributed by atoms with Crippen molar-refractivity contribution in [3.05, 3.63) is 35.1 Å². The fourth-order valence-electron chi connectivity index (χ4n) is 4.06. The number of nitrogens with zero attached hydrogens (tertiary/aromatic N) is 1. The quantitative estimate of drug-likeness (QED) is 0.617. The van der Waals surface area contributed by atoms with Crippen LogP contribution in [-0.4, -0.2) is 47.9 Å². The number of rotatable bonds is 4. The summed E-state index contributed by atoms with van der Waals surface area (Å²) in [5, 5.41) is 2.32. The summed E-state index contributed by atoms with van der Waals surface area (Å²) in [6.07, 6.45) is 2.21. The van der Waals surface area contributed by atoms with Crippen molar-refractivity contribution in [3.63, 3.8) is 0 Å². The van der Waals surface area contributed by atoms with Crippen LogP contribution in [0.5, 0.6) is 0 Å². The van der Waals surface area contributed by atoms with Gasteiger partial charge in [-0.15, -0.1) is 0 Å². The van der Waals surface area contributed by atoms with Gasteiger partial charge in [0.05, 0.1) is 12.5 Å². The summed E-state index contributed by atoms with van der Waals surface area (Å²) >= 11 is 0. The Hall–Kier alpha value is -2.28. The van der Waals surface area contributed by atoms with Gasteiger partial charge >= 0.3 is 5.97 Å². The molecular formula is C22H29FN2O4. The fraction of sp³-hybridized carbons (Fsp3) is 0.591. The molecule has 1 aromatic rings. The molecule has 29 heavy (non-hydrogen) atoms. The van der Waals surface area contributed by atoms with Crippen LogP contribution in [0.3, 0.4) is 0 Å². The molecule has 0 aromatic heterocycles. The van der Waals surface area contributed by atoms with Crippen LogP contribution in [0.2, 0.25) is 0 Å². The standard InChI is InChI=1S/C22H29FN2O4/c1-22(2,3)29-20(27)13-25-10-8-14(9-11-25)16-5-4-15(12-18(16)23)17-6-7-19(26)24-21(17)28/h4-5,12,14,17H,6-11,13H2,1-3H3,(H,24,26,28). The molecule has 158 valence electrons. The van der Waals surface area contributed by atoms with E-state index >= 15 is 0 Å². The lowest BCUT2D eigenvalue weighted by molar-refractivity contribution is -0.156. The van der Waals surface area contributed by atoms with Crippen LogP contribution in [0.1, 0.15) is 69.4 Å². The first-order valence-corrected chi connectivity index (χ1v) is 10.2. The number of imide groups is 1. The molecule has 2 amide bonds. The Morgan fingerprint density at radius 3 is 2.48 bits per heavy atom. The van der Waals surface area contributed by atoms with Crippen LogP contribution in [0.4, 0.5) is 4.39 Å². The van der Waals surface area contributed by atoms with Gasteiger partial charge in [-0.05, 0) is 76.2 Å². The number of nitrogens with one attached hydrogen (secondary N) is 1. The van der Waals surface area contributed by atoms with Gasteiger partial charge in [0.25, 0.3) is 0 Å². The minimum atomic E-state index is -0.497. The largest absolute Gasteiger partial charge is 0.459 e. The van der Waals surface area contributed by atoms with Gasteiger partial charge in [-0.2, -0.15) is 0 Å². The van der Waals surface area contributed by atoms with E-state index in [1.54, 1.807) is 12.1 Å². The molecule has 1 atom stereocenters. The Morgan fingerprint density at radius 2 is 1.90 bits per heavy atom. The van der Waals surface area contributed by atoms with Crippen molar-refractivity contribution in [1.29, 1.82) is 0 Å². The van der Waals surface area contributed by atoms with Gasteiger partial charge in [0.2, 0.25) is 11.8 Å². The maximum absolute atomic E-state index is 14.8. The fourth-order valence-corrected chi connectivity index (χ4v) is 4.06. The number of carbonyl (C=O) groups excluding carboxylic acids is 3. The van der Waals surface area contributed by atoms with E-state index in [9.17, 15) is 18.8 Å². The average molecular weight is 404 g/mol. The molecule has 0 saturated carbocycles. The van der Waals surface area contributed by atoms with Crippen molar-refractivity contribution in [1.82, 2.24) is 10.2 Å². The number of carbonyl (C=O) groups is 3. The predicted octanol–water partition coefficient (Wildman–Crippen LogP) is 2.87. The summed E-state index contributed by atoms with van der Waals surface area (Å²) in [6.45, 7) is 7.20. The van der Waals surface area contributed by atoms with E-state index in [-0.39, 0.29) is 42.5 Å². The molecule has 1 unspecified atom stereocenters. The van der Waals surface area contributed by atoms with Crippen LogP contribution in [-0.2, 0) is 19.1 Å². The molecular weight excluding hydrogens is 375 g/mol. The van der Waals surface area contributed by atoms with Gasteiger partial charge in [0.1, 0.15) is 11.4 Å². The van der Waals surface area contributed by atoms with Crippen molar-refractivity contribution in [2.24, 2.45) is 0 Å². The minimum absolute atomic E-state index is 0.0840. The molecule has 2 aliphatic heterocycles. The number of benzene rings is 1. The number of piperidine rings is 2. The van der Waals surface area contributed by atoms with Gasteiger partial charge in [0, 0.05) is 6.42 Å². The third-order valence-corrected chi connectivity index (χ3v) is 5.47. The van der Waals surface area contributed by atoms with E-state index in [4.69, 9.17) is 4.74 Å². The number of amides is 2. The second-order valence-electron chi connectivity index (χ2n) is 8.92. The molecule has 0 radical (unpaired) electrons. The molecule has 0 bridgehead atoms. The molecule has 3 rings (SSSR count). The summed E-state index contributed by atoms with van der Waals surface area (Å²) in [5.74, 6) is -1.58. The summed E-state index contributed by atoms with van der Waals surface area (Å²) < 4.78 is 20.2. The van der Waals surface area contributed by atoms with Gasteiger partial charge in [-0.25, -0.2) is 4.39 Å². The molecule has 6 nitrogen and oxygen atoms in total. The van der Waals surface area contributed by atoms with Crippen molar-refractivity contribution >= 4 is 17.8 Å². The first-order chi connectivity index (χ1) is 13.6. The molecule has 7 heteroatoms. The highest BCUT2D eigenvalue weighted by atomic mass is 19.1. The predicted molar refractivity (Wildman–Crippen MR) is 106 cm³/mol. The number of halogens is 1. The zero-order valence-corrected chi connectivity index (χ0v) is 17.3. The van der Waals surface area contributed by atoms with Crippen molar-refractivity contribution < 1.29 is 23.5 Å². The van der Waals surface area contributed by atoms with Crippen LogP contribution in [0, 0.1) is 5.82 Å². The minimum Gasteiger partial charge on any atom is -0.459 e. The van der Waals surface area contributed by atoms with E-state index in [0.29, 0.717) is 30.6 Å². The van der Waals surface area contributed by atoms with E-state index in [1.165, 1.54) is 6.07 Å². The average Bonchev–Trinajstić information content (AvgIpc) is 2.61. The van der Waals surface area contributed by atoms with Gasteiger partial charge < -0.3 is 4.74 Å². The van der Waals surface area contributed by atoms with Gasteiger partial charge in [-0.1, -0.05) is 12.1 Å². The number of hydrogen-bond donors (Lipinski definition) is 1. The monoisotopic (exact) mass is 404 g/mol. The second kappa shape index (κ2) is 8.61. The van der Waals surface area contributed by atoms with Crippen LogP contribution in [0.15, 0.2) is 18.2 Å². The number of hydrogen-bond acceptors (Lipinski definition) is 5. The Morgan fingerprint density at radius 1 is 1.21 bits per heavy atom. The molecule has 0 spiro atoms. The van der Waals surface area contributed by atoms with E-state index in [0.717, 1.165) is 12.8 Å². The number of likely N-dealkylation sites (tertiary alicyclic amines) is 1. The molecule has 1 N–H and O–H groups in total. The summed E-state index contributed by atoms with van der Waals surface area (Å²) in [6, 6.07) is 5.00. The first kappa shape index (κ1) is 21.4. The Balaban J connectivity index is 1.58. The Labute approximate surface area is 170 Å². The summed E-state index contributed by atoms with van der Waals surface area (Å²) in [5.41, 5.74) is 0.763. The highest BCUT2D eigenvalue weighted by molar-refractivity contribution is 6.00. The van der Waals surface area contributed by atoms with Crippen LogP contribution < -0.4 is 5.32 Å². The third-order valence-electron chi connectivity index (χ3n) is 5.47. The maximum atomic E-state index is 14.8. The van der Waals surface area contributed by atoms with Gasteiger partial charge in [0.15, 0.2) is 0 Å². The summed E-state index contributed by atoms with van der Waals surface area (Å²) in [7, 11) is 0. The lowest BCUT2D eigenvalue weighted by atomic mass is 9.85. The highest BCUT2D eigenvalue weighted by Crippen LogP contribution is 2.33. The molecule has 2 saturated heterocycles. The normalized spacial score (nSPS) is 21.7. The molecule has 1 aromatic carbocycles. The third kappa shape index (κ3) is 5.63. The lowest BCUT2D eigenvalue weighted by Gasteiger charge is -2.32. The van der Waals surface area contributed by atoms with Crippen molar-refractivity contribution in [2.75, 3.05) is 19.6 Å². The first-order valence-electron chi connectivity index (χ1n) is 10.2. The number of ether oxygens (including phenoxy) is 1. The molecule has 2 heterocycles. The Bertz CT molecular complexity index is 794. The van der Waals surface area contributed by atoms with Crippen LogP contribution in [0.25, 0.3) is 0 Å². The zero-order chi connectivity index (χ0) is 21.2. The lowest BCUT2D eigenvalue weighted by Crippen LogP contribution is -2.39. The molecule has 0 aliphatic carbocycles.